The first-order valence-electron chi connectivity index (χ1n) is 20.1. The largest absolute Gasteiger partial charge is 0.514 e. The number of benzene rings is 2. The second-order valence-corrected chi connectivity index (χ2v) is 15.5. The second kappa shape index (κ2) is 23.5. The van der Waals surface area contributed by atoms with Crippen LogP contribution < -0.4 is 15.4 Å². The van der Waals surface area contributed by atoms with Crippen LogP contribution in [-0.2, 0) is 33.4 Å². The van der Waals surface area contributed by atoms with Crippen molar-refractivity contribution in [2.24, 2.45) is 11.8 Å². The van der Waals surface area contributed by atoms with Gasteiger partial charge in [0.1, 0.15) is 17.7 Å². The summed E-state index contributed by atoms with van der Waals surface area (Å²) in [5.41, 5.74) is -0.0178. The number of nitro groups is 1. The van der Waals surface area contributed by atoms with E-state index in [-0.39, 0.29) is 60.7 Å². The summed E-state index contributed by atoms with van der Waals surface area (Å²) in [6.07, 6.45) is -3.06. The average molecular weight is 859 g/mol. The molecule has 2 N–H and O–H groups in total. The fourth-order valence-corrected chi connectivity index (χ4v) is 7.61. The molecule has 18 nitrogen and oxygen atoms in total. The van der Waals surface area contributed by atoms with Gasteiger partial charge in [0, 0.05) is 45.4 Å². The van der Waals surface area contributed by atoms with Gasteiger partial charge < -0.3 is 39.4 Å². The van der Waals surface area contributed by atoms with E-state index >= 15 is 0 Å². The molecule has 4 amide bonds. The Kier molecular flexibility index (Phi) is 19.2. The number of nitrogens with one attached hydrogen (secondary N) is 2. The molecule has 0 bridgehead atoms. The van der Waals surface area contributed by atoms with Gasteiger partial charge in [-0.1, -0.05) is 34.1 Å². The van der Waals surface area contributed by atoms with Gasteiger partial charge in [-0.3, -0.25) is 39.0 Å². The number of carbonyl (C=O) groups is 6. The van der Waals surface area contributed by atoms with Crippen molar-refractivity contribution < 1.29 is 57.0 Å². The Bertz CT molecular complexity index is 1820. The standard InChI is InChI=1S/C42H59FN6O12/c1-10-11-32(47(7)37(52)23-45-41(54)38(25(2)3)46(5)6)35(58-8)21-36(51)48-24-31(61-42(55)60-30-18-16-29(17-19-30)49(56)57)20-33(48)39(59-9)26(4)40(53)44-22-34(50)27-12-14-28(43)15-13-27/h12-19,25-26,31-33,35,38-39H,10-11,20-24H2,1-9H3,(H,44,53)(H,45,54)/t26?,31?,32-,33?,35?,38?,39?/m0/s1. The molecule has 0 saturated carbocycles. The van der Waals surface area contributed by atoms with Gasteiger partial charge in [-0.05, 0) is 62.8 Å². The third-order valence-electron chi connectivity index (χ3n) is 10.7. The van der Waals surface area contributed by atoms with Crippen LogP contribution in [0.3, 0.4) is 0 Å². The molecule has 0 spiro atoms. The minimum Gasteiger partial charge on any atom is -0.429 e. The van der Waals surface area contributed by atoms with Gasteiger partial charge >= 0.3 is 6.16 Å². The van der Waals surface area contributed by atoms with Crippen LogP contribution in [0.1, 0.15) is 63.7 Å². The summed E-state index contributed by atoms with van der Waals surface area (Å²) < 4.78 is 35.9. The van der Waals surface area contributed by atoms with Crippen LogP contribution in [0.25, 0.3) is 0 Å². The lowest BCUT2D eigenvalue weighted by Gasteiger charge is -2.37. The molecule has 6 unspecified atom stereocenters. The minimum absolute atomic E-state index is 0.00415. The van der Waals surface area contributed by atoms with Crippen molar-refractivity contribution in [3.8, 4) is 5.75 Å². The zero-order chi connectivity index (χ0) is 45.6. The van der Waals surface area contributed by atoms with E-state index in [2.05, 4.69) is 10.6 Å². The first-order chi connectivity index (χ1) is 28.8. The second-order valence-electron chi connectivity index (χ2n) is 15.5. The van der Waals surface area contributed by atoms with Gasteiger partial charge in [-0.2, -0.15) is 0 Å². The molecule has 7 atom stereocenters. The lowest BCUT2D eigenvalue weighted by molar-refractivity contribution is -0.384. The maximum absolute atomic E-state index is 14.4. The summed E-state index contributed by atoms with van der Waals surface area (Å²) >= 11 is 0. The van der Waals surface area contributed by atoms with Crippen molar-refractivity contribution >= 4 is 41.3 Å². The Hall–Kier alpha value is -5.53. The number of ether oxygens (including phenoxy) is 4. The quantitative estimate of drug-likeness (QED) is 0.0570. The Balaban J connectivity index is 1.83. The number of hydrogen-bond donors (Lipinski definition) is 2. The van der Waals surface area contributed by atoms with Crippen molar-refractivity contribution in [3.63, 3.8) is 0 Å². The SMILES string of the molecule is CCC[C@@H](C(CC(=O)N1CC(OC(=O)Oc2ccc([N+](=O)[O-])cc2)CC1C(OC)C(C)C(=O)NCC(=O)c1ccc(F)cc1)OC)N(C)C(=O)CNC(=O)C(C(C)C)N(C)C. The molecule has 0 radical (unpaired) electrons. The van der Waals surface area contributed by atoms with Crippen LogP contribution in [0.15, 0.2) is 48.5 Å². The molecule has 0 aliphatic carbocycles. The number of rotatable bonds is 22. The number of methoxy groups -OCH3 is 2. The molecule has 1 fully saturated rings. The van der Waals surface area contributed by atoms with Gasteiger partial charge in [0.25, 0.3) is 5.69 Å². The highest BCUT2D eigenvalue weighted by molar-refractivity contribution is 5.99. The molecular formula is C42H59FN6O12. The summed E-state index contributed by atoms with van der Waals surface area (Å²) in [7, 11) is 7.93. The Labute approximate surface area is 355 Å². The summed E-state index contributed by atoms with van der Waals surface area (Å²) in [6.45, 7) is 6.49. The predicted octanol–water partition coefficient (Wildman–Crippen LogP) is 3.60. The van der Waals surface area contributed by atoms with Crippen LogP contribution in [-0.4, -0.2) is 147 Å². The van der Waals surface area contributed by atoms with E-state index in [1.165, 1.54) is 48.3 Å². The number of likely N-dealkylation sites (tertiary alicyclic amines) is 1. The number of ketones is 1. The van der Waals surface area contributed by atoms with Crippen molar-refractivity contribution in [1.29, 1.82) is 0 Å². The van der Waals surface area contributed by atoms with E-state index in [4.69, 9.17) is 18.9 Å². The topological polar surface area (TPSA) is 216 Å². The lowest BCUT2D eigenvalue weighted by Crippen LogP contribution is -2.53. The average Bonchev–Trinajstić information content (AvgIpc) is 3.63. The number of halogens is 1. The fraction of sp³-hybridized carbons (Fsp3) is 0.571. The summed E-state index contributed by atoms with van der Waals surface area (Å²) in [4.78, 5) is 95.1. The molecule has 61 heavy (non-hydrogen) atoms. The zero-order valence-corrected chi connectivity index (χ0v) is 36.3. The summed E-state index contributed by atoms with van der Waals surface area (Å²) in [5.74, 6) is -3.69. The van der Waals surface area contributed by atoms with E-state index in [1.807, 2.05) is 20.8 Å². The molecule has 0 aromatic heterocycles. The zero-order valence-electron chi connectivity index (χ0n) is 36.3. The molecule has 19 heteroatoms. The molecular weight excluding hydrogens is 799 g/mol. The van der Waals surface area contributed by atoms with E-state index in [0.717, 1.165) is 24.3 Å². The number of nitro benzene ring substituents is 1. The van der Waals surface area contributed by atoms with Crippen LogP contribution in [0.5, 0.6) is 5.75 Å². The van der Waals surface area contributed by atoms with Crippen LogP contribution in [0.4, 0.5) is 14.9 Å². The minimum atomic E-state index is -1.14. The van der Waals surface area contributed by atoms with Crippen molar-refractivity contribution in [2.45, 2.75) is 89.8 Å². The summed E-state index contributed by atoms with van der Waals surface area (Å²) in [6, 6.07) is 7.75. The van der Waals surface area contributed by atoms with Gasteiger partial charge in [-0.15, -0.1) is 0 Å². The molecule has 1 heterocycles. The molecule has 1 saturated heterocycles. The molecule has 1 aliphatic heterocycles. The van der Waals surface area contributed by atoms with E-state index in [1.54, 1.807) is 33.0 Å². The molecule has 2 aromatic carbocycles. The van der Waals surface area contributed by atoms with E-state index in [9.17, 15) is 43.3 Å². The Morgan fingerprint density at radius 3 is 2.08 bits per heavy atom. The van der Waals surface area contributed by atoms with E-state index < -0.39 is 83.4 Å². The Morgan fingerprint density at radius 2 is 1.54 bits per heavy atom. The van der Waals surface area contributed by atoms with Crippen molar-refractivity contribution in [3.05, 3.63) is 70.0 Å². The fourth-order valence-electron chi connectivity index (χ4n) is 7.61. The van der Waals surface area contributed by atoms with Crippen LogP contribution in [0.2, 0.25) is 0 Å². The summed E-state index contributed by atoms with van der Waals surface area (Å²) in [5, 5.41) is 16.4. The third-order valence-corrected chi connectivity index (χ3v) is 10.7. The van der Waals surface area contributed by atoms with Crippen molar-refractivity contribution in [1.82, 2.24) is 25.3 Å². The molecule has 3 rings (SSSR count). The molecule has 1 aliphatic rings. The maximum atomic E-state index is 14.4. The normalized spacial score (nSPS) is 17.5. The number of carbonyl (C=O) groups excluding carboxylic acids is 6. The van der Waals surface area contributed by atoms with Crippen LogP contribution in [0, 0.1) is 27.8 Å². The lowest BCUT2D eigenvalue weighted by atomic mass is 9.93. The first kappa shape index (κ1) is 49.8. The molecule has 336 valence electrons. The number of non-ortho nitro benzene ring substituents is 1. The van der Waals surface area contributed by atoms with Gasteiger partial charge in [0.15, 0.2) is 5.78 Å². The number of Topliss-reactive ketones (excluding diaryl/α,β-unsaturated/α-hetero) is 1. The molecule has 2 aromatic rings. The smallest absolute Gasteiger partial charge is 0.429 e. The highest BCUT2D eigenvalue weighted by Crippen LogP contribution is 2.31. The highest BCUT2D eigenvalue weighted by atomic mass is 19.1. The number of nitrogens with zero attached hydrogens (tertiary/aromatic N) is 4. The van der Waals surface area contributed by atoms with Crippen molar-refractivity contribution in [2.75, 3.05) is 55.0 Å². The first-order valence-corrected chi connectivity index (χ1v) is 20.1. The number of hydrogen-bond acceptors (Lipinski definition) is 13. The van der Waals surface area contributed by atoms with Crippen LogP contribution >= 0.6 is 0 Å². The highest BCUT2D eigenvalue weighted by Gasteiger charge is 2.46. The number of amides is 4. The predicted molar refractivity (Wildman–Crippen MR) is 220 cm³/mol. The van der Waals surface area contributed by atoms with Gasteiger partial charge in [-0.25, -0.2) is 9.18 Å². The number of likely N-dealkylation sites (N-methyl/N-ethyl adjacent to an activating group) is 2. The third kappa shape index (κ3) is 14.0. The van der Waals surface area contributed by atoms with Gasteiger partial charge in [0.05, 0.1) is 67.2 Å². The maximum Gasteiger partial charge on any atom is 0.514 e. The Morgan fingerprint density at radius 1 is 0.918 bits per heavy atom. The van der Waals surface area contributed by atoms with E-state index in [0.29, 0.717) is 12.8 Å². The van der Waals surface area contributed by atoms with Gasteiger partial charge in [0.2, 0.25) is 23.6 Å². The monoisotopic (exact) mass is 858 g/mol.